The Morgan fingerprint density at radius 3 is 2.62 bits per heavy atom. The normalized spacial score (nSPS) is 14.4. The van der Waals surface area contributed by atoms with Gasteiger partial charge >= 0.3 is 0 Å². The maximum atomic E-state index is 13.3. The number of aromatic nitrogens is 2. The van der Waals surface area contributed by atoms with Gasteiger partial charge in [-0.3, -0.25) is 4.79 Å². The van der Waals surface area contributed by atoms with E-state index in [1.165, 1.54) is 0 Å². The van der Waals surface area contributed by atoms with Crippen LogP contribution >= 0.6 is 0 Å². The predicted octanol–water partition coefficient (Wildman–Crippen LogP) is 4.19. The number of hydrogen-bond acceptors (Lipinski definition) is 6. The van der Waals surface area contributed by atoms with E-state index in [0.29, 0.717) is 5.56 Å². The molecule has 3 aromatic carbocycles. The molecule has 0 bridgehead atoms. The fourth-order valence-corrected chi connectivity index (χ4v) is 4.39. The number of para-hydroxylation sites is 2. The van der Waals surface area contributed by atoms with E-state index in [0.717, 1.165) is 65.1 Å². The summed E-state index contributed by atoms with van der Waals surface area (Å²) >= 11 is 0. The molecule has 3 N–H and O–H groups in total. The van der Waals surface area contributed by atoms with E-state index in [1.54, 1.807) is 6.20 Å². The summed E-state index contributed by atoms with van der Waals surface area (Å²) in [5.41, 5.74) is 12.1. The zero-order valence-corrected chi connectivity index (χ0v) is 19.5. The van der Waals surface area contributed by atoms with Crippen LogP contribution in [0.5, 0.6) is 0 Å². The number of rotatable bonds is 4. The van der Waals surface area contributed by atoms with Crippen molar-refractivity contribution in [1.29, 1.82) is 0 Å². The Kier molecular flexibility index (Phi) is 5.86. The maximum absolute atomic E-state index is 13.3. The highest BCUT2D eigenvalue weighted by Crippen LogP contribution is 2.30. The second kappa shape index (κ2) is 9.11. The first-order valence-corrected chi connectivity index (χ1v) is 11.4. The molecule has 1 saturated heterocycles. The van der Waals surface area contributed by atoms with Crippen molar-refractivity contribution in [3.8, 4) is 11.1 Å². The summed E-state index contributed by atoms with van der Waals surface area (Å²) in [6, 6.07) is 19.8. The Morgan fingerprint density at radius 1 is 1.00 bits per heavy atom. The second-order valence-electron chi connectivity index (χ2n) is 8.79. The van der Waals surface area contributed by atoms with Crippen LogP contribution < -0.4 is 16.0 Å². The number of piperazine rings is 1. The summed E-state index contributed by atoms with van der Waals surface area (Å²) in [6.45, 7) is 5.94. The lowest BCUT2D eigenvalue weighted by atomic mass is 9.97. The third-order valence-corrected chi connectivity index (χ3v) is 6.41. The van der Waals surface area contributed by atoms with Gasteiger partial charge in [-0.25, -0.2) is 9.97 Å². The number of benzene rings is 3. The van der Waals surface area contributed by atoms with E-state index < -0.39 is 0 Å². The van der Waals surface area contributed by atoms with Gasteiger partial charge in [-0.1, -0.05) is 24.3 Å². The van der Waals surface area contributed by atoms with Crippen LogP contribution in [0.4, 0.5) is 17.3 Å². The molecule has 1 amide bonds. The Hall–Kier alpha value is -3.97. The van der Waals surface area contributed by atoms with E-state index in [1.807, 2.05) is 61.5 Å². The first-order valence-electron chi connectivity index (χ1n) is 11.4. The number of anilines is 3. The smallest absolute Gasteiger partial charge is 0.255 e. The zero-order chi connectivity index (χ0) is 23.7. The topological polar surface area (TPSA) is 87.4 Å². The highest BCUT2D eigenvalue weighted by Gasteiger charge is 2.18. The van der Waals surface area contributed by atoms with Crippen LogP contribution in [0.1, 0.15) is 15.9 Å². The monoisotopic (exact) mass is 452 g/mol. The number of fused-ring (bicyclic) bond motifs is 1. The minimum atomic E-state index is -0.125. The molecule has 0 radical (unpaired) electrons. The number of nitrogens with zero attached hydrogens (tertiary/aromatic N) is 4. The summed E-state index contributed by atoms with van der Waals surface area (Å²) < 4.78 is 0. The van der Waals surface area contributed by atoms with E-state index in [9.17, 15) is 4.79 Å². The minimum Gasteiger partial charge on any atom is -0.368 e. The van der Waals surface area contributed by atoms with E-state index in [-0.39, 0.29) is 11.9 Å². The highest BCUT2D eigenvalue weighted by molar-refractivity contribution is 6.06. The van der Waals surface area contributed by atoms with Crippen LogP contribution in [-0.4, -0.2) is 54.0 Å². The number of nitrogens with one attached hydrogen (secondary N) is 1. The molecule has 0 atom stereocenters. The van der Waals surface area contributed by atoms with Gasteiger partial charge in [-0.05, 0) is 67.1 Å². The van der Waals surface area contributed by atoms with Gasteiger partial charge < -0.3 is 20.9 Å². The summed E-state index contributed by atoms with van der Waals surface area (Å²) in [6.07, 6.45) is 1.72. The summed E-state index contributed by atoms with van der Waals surface area (Å²) in [5, 5.41) is 4.05. The number of nitrogen functional groups attached to an aromatic ring is 1. The average Bonchev–Trinajstić information content (AvgIpc) is 2.85. The van der Waals surface area contributed by atoms with Gasteiger partial charge in [0.25, 0.3) is 5.91 Å². The van der Waals surface area contributed by atoms with Gasteiger partial charge in [-0.15, -0.1) is 0 Å². The van der Waals surface area contributed by atoms with Crippen LogP contribution in [0.3, 0.4) is 0 Å². The van der Waals surface area contributed by atoms with Crippen molar-refractivity contribution in [2.45, 2.75) is 6.92 Å². The minimum absolute atomic E-state index is 0.125. The largest absolute Gasteiger partial charge is 0.368 e. The predicted molar refractivity (Wildman–Crippen MR) is 138 cm³/mol. The third-order valence-electron chi connectivity index (χ3n) is 6.41. The van der Waals surface area contributed by atoms with Crippen LogP contribution in [0.2, 0.25) is 0 Å². The van der Waals surface area contributed by atoms with Crippen LogP contribution in [0.25, 0.3) is 22.0 Å². The lowest BCUT2D eigenvalue weighted by Gasteiger charge is -2.35. The van der Waals surface area contributed by atoms with Gasteiger partial charge in [0.1, 0.15) is 0 Å². The van der Waals surface area contributed by atoms with E-state index in [4.69, 9.17) is 5.73 Å². The Balaban J connectivity index is 1.42. The molecule has 1 aliphatic rings. The number of likely N-dealkylation sites (N-methyl/N-ethyl adjacent to an activating group) is 1. The summed E-state index contributed by atoms with van der Waals surface area (Å²) in [5.74, 6) is 0.131. The van der Waals surface area contributed by atoms with Gasteiger partial charge in [0, 0.05) is 43.3 Å². The summed E-state index contributed by atoms with van der Waals surface area (Å²) in [7, 11) is 2.14. The molecule has 5 rings (SSSR count). The van der Waals surface area contributed by atoms with E-state index in [2.05, 4.69) is 38.2 Å². The zero-order valence-electron chi connectivity index (χ0n) is 19.5. The first-order chi connectivity index (χ1) is 16.5. The van der Waals surface area contributed by atoms with Crippen molar-refractivity contribution in [1.82, 2.24) is 14.9 Å². The molecule has 1 aliphatic heterocycles. The fourth-order valence-electron chi connectivity index (χ4n) is 4.39. The second-order valence-corrected chi connectivity index (χ2v) is 8.79. The molecule has 34 heavy (non-hydrogen) atoms. The van der Waals surface area contributed by atoms with Crippen LogP contribution in [0, 0.1) is 6.92 Å². The lowest BCUT2D eigenvalue weighted by molar-refractivity contribution is 0.102. The molecular formula is C27H28N6O. The fraction of sp³-hybridized carbons (Fsp3) is 0.222. The van der Waals surface area contributed by atoms with Crippen molar-refractivity contribution in [3.05, 3.63) is 78.0 Å². The molecule has 172 valence electrons. The van der Waals surface area contributed by atoms with Gasteiger partial charge in [0.15, 0.2) is 0 Å². The Morgan fingerprint density at radius 2 is 1.79 bits per heavy atom. The SMILES string of the molecule is Cc1ccc(C(=O)Nc2ccccc2N2CCN(C)CC2)cc1-c1ccc2nc(N)ncc2c1. The average molecular weight is 453 g/mol. The Labute approximate surface area is 199 Å². The summed E-state index contributed by atoms with van der Waals surface area (Å²) in [4.78, 5) is 26.3. The van der Waals surface area contributed by atoms with Gasteiger partial charge in [0.2, 0.25) is 5.95 Å². The Bertz CT molecular complexity index is 1360. The van der Waals surface area contributed by atoms with Crippen LogP contribution in [0.15, 0.2) is 66.9 Å². The first kappa shape index (κ1) is 21.9. The van der Waals surface area contributed by atoms with Crippen molar-refractivity contribution in [2.24, 2.45) is 0 Å². The molecule has 2 heterocycles. The van der Waals surface area contributed by atoms with Gasteiger partial charge in [-0.2, -0.15) is 0 Å². The number of nitrogens with two attached hydrogens (primary N) is 1. The number of hydrogen-bond donors (Lipinski definition) is 2. The molecular weight excluding hydrogens is 424 g/mol. The molecule has 7 heteroatoms. The molecule has 0 aliphatic carbocycles. The number of carbonyl (C=O) groups is 1. The molecule has 1 fully saturated rings. The van der Waals surface area contributed by atoms with Crippen LogP contribution in [-0.2, 0) is 0 Å². The van der Waals surface area contributed by atoms with Crippen molar-refractivity contribution < 1.29 is 4.79 Å². The molecule has 1 aromatic heterocycles. The molecule has 0 saturated carbocycles. The lowest BCUT2D eigenvalue weighted by Crippen LogP contribution is -2.44. The number of carbonyl (C=O) groups excluding carboxylic acids is 1. The number of amides is 1. The molecule has 0 spiro atoms. The highest BCUT2D eigenvalue weighted by atomic mass is 16.1. The van der Waals surface area contributed by atoms with Crippen molar-refractivity contribution >= 4 is 34.1 Å². The number of aryl methyl sites for hydroxylation is 1. The quantitative estimate of drug-likeness (QED) is 0.483. The molecule has 7 nitrogen and oxygen atoms in total. The standard InChI is InChI=1S/C27H28N6O/c1-18-7-8-20(16-22(18)19-9-10-23-21(15-19)17-29-27(28)31-23)26(34)30-24-5-3-4-6-25(24)33-13-11-32(2)12-14-33/h3-10,15-17H,11-14H2,1-2H3,(H,30,34)(H2,28,29,31). The van der Waals surface area contributed by atoms with Crippen molar-refractivity contribution in [3.63, 3.8) is 0 Å². The van der Waals surface area contributed by atoms with Gasteiger partial charge in [0.05, 0.1) is 16.9 Å². The molecule has 4 aromatic rings. The molecule has 0 unspecified atom stereocenters. The third kappa shape index (κ3) is 4.43. The van der Waals surface area contributed by atoms with Crippen molar-refractivity contribution in [2.75, 3.05) is 49.2 Å². The maximum Gasteiger partial charge on any atom is 0.255 e. The van der Waals surface area contributed by atoms with E-state index >= 15 is 0 Å².